The van der Waals surface area contributed by atoms with Gasteiger partial charge in [-0.3, -0.25) is 4.98 Å². The predicted molar refractivity (Wildman–Crippen MR) is 64.8 cm³/mol. The van der Waals surface area contributed by atoms with Crippen molar-refractivity contribution in [1.82, 2.24) is 4.98 Å². The zero-order chi connectivity index (χ0) is 10.8. The number of unbranched alkanes of at least 4 members (excludes halogenated alkanes) is 6. The number of pyridine rings is 1. The van der Waals surface area contributed by atoms with Crippen molar-refractivity contribution in [3.8, 4) is 0 Å². The molecule has 0 atom stereocenters. The van der Waals surface area contributed by atoms with Crippen molar-refractivity contribution in [3.05, 3.63) is 30.1 Å². The van der Waals surface area contributed by atoms with E-state index in [1.165, 1.54) is 50.5 Å². The van der Waals surface area contributed by atoms with Crippen LogP contribution in [0.1, 0.15) is 57.4 Å². The molecule has 1 nitrogen and oxygen atoms in total. The van der Waals surface area contributed by atoms with Gasteiger partial charge < -0.3 is 0 Å². The van der Waals surface area contributed by atoms with E-state index >= 15 is 0 Å². The molecule has 1 radical (unpaired) electrons. The summed E-state index contributed by atoms with van der Waals surface area (Å²) in [6.45, 7) is 2.26. The maximum atomic E-state index is 4.00. The van der Waals surface area contributed by atoms with Crippen molar-refractivity contribution in [3.63, 3.8) is 0 Å². The van der Waals surface area contributed by atoms with Crippen molar-refractivity contribution in [2.45, 2.75) is 58.3 Å². The van der Waals surface area contributed by atoms with Gasteiger partial charge >= 0.3 is 0 Å². The number of nitrogens with zero attached hydrogens (tertiary/aromatic N) is 1. The van der Waals surface area contributed by atoms with Gasteiger partial charge in [0.15, 0.2) is 0 Å². The first kappa shape index (κ1) is 12.2. The Morgan fingerprint density at radius 3 is 2.47 bits per heavy atom. The van der Waals surface area contributed by atoms with Gasteiger partial charge in [0.2, 0.25) is 0 Å². The van der Waals surface area contributed by atoms with Crippen LogP contribution in [0, 0.1) is 6.20 Å². The third kappa shape index (κ3) is 6.27. The van der Waals surface area contributed by atoms with E-state index in [0.29, 0.717) is 0 Å². The molecular weight excluding hydrogens is 182 g/mol. The molecule has 0 aromatic carbocycles. The summed E-state index contributed by atoms with van der Waals surface area (Å²) < 4.78 is 0. The quantitative estimate of drug-likeness (QED) is 0.579. The lowest BCUT2D eigenvalue weighted by Gasteiger charge is -2.01. The van der Waals surface area contributed by atoms with Gasteiger partial charge in [-0.05, 0) is 24.5 Å². The predicted octanol–water partition coefficient (Wildman–Crippen LogP) is 4.17. The van der Waals surface area contributed by atoms with Crippen LogP contribution in [0.2, 0.25) is 0 Å². The second-order valence-electron chi connectivity index (χ2n) is 4.15. The summed E-state index contributed by atoms with van der Waals surface area (Å²) >= 11 is 0. The van der Waals surface area contributed by atoms with Crippen molar-refractivity contribution in [2.24, 2.45) is 0 Å². The third-order valence-electron chi connectivity index (χ3n) is 2.72. The Labute approximate surface area is 93.9 Å². The first-order valence-corrected chi connectivity index (χ1v) is 6.25. The molecule has 0 aliphatic carbocycles. The fraction of sp³-hybridized carbons (Fsp3) is 0.643. The van der Waals surface area contributed by atoms with Gasteiger partial charge in [0.05, 0.1) is 6.20 Å². The van der Waals surface area contributed by atoms with Gasteiger partial charge in [0.1, 0.15) is 0 Å². The normalized spacial score (nSPS) is 10.5. The van der Waals surface area contributed by atoms with Crippen LogP contribution in [0.15, 0.2) is 18.3 Å². The summed E-state index contributed by atoms with van der Waals surface area (Å²) in [5.41, 5.74) is 1.26. The van der Waals surface area contributed by atoms with E-state index in [1.807, 2.05) is 6.07 Å². The Morgan fingerprint density at radius 2 is 1.80 bits per heavy atom. The molecule has 0 bridgehead atoms. The summed E-state index contributed by atoms with van der Waals surface area (Å²) in [6.07, 6.45) is 15.5. The second kappa shape index (κ2) is 8.46. The zero-order valence-electron chi connectivity index (χ0n) is 9.84. The molecule has 1 aromatic rings. The summed E-state index contributed by atoms with van der Waals surface area (Å²) in [4.78, 5) is 4.00. The number of hydrogen-bond donors (Lipinski definition) is 0. The monoisotopic (exact) mass is 204 g/mol. The van der Waals surface area contributed by atoms with E-state index in [1.54, 1.807) is 6.20 Å². The van der Waals surface area contributed by atoms with Crippen LogP contribution in [0.5, 0.6) is 0 Å². The molecule has 0 fully saturated rings. The lowest BCUT2D eigenvalue weighted by Crippen LogP contribution is -1.87. The Hall–Kier alpha value is -0.850. The van der Waals surface area contributed by atoms with Crippen LogP contribution in [0.4, 0.5) is 0 Å². The molecule has 1 aromatic heterocycles. The molecule has 0 unspecified atom stereocenters. The fourth-order valence-corrected chi connectivity index (χ4v) is 1.77. The van der Waals surface area contributed by atoms with Gasteiger partial charge in [-0.15, -0.1) is 0 Å². The van der Waals surface area contributed by atoms with E-state index in [0.717, 1.165) is 6.42 Å². The standard InChI is InChI=1S/C14H22N/c1-2-3-4-5-6-7-8-10-14-11-9-12-15-13-14/h9,11-12H,2-8,10H2,1H3. The minimum absolute atomic E-state index is 1.14. The molecule has 0 amide bonds. The number of aromatic nitrogens is 1. The van der Waals surface area contributed by atoms with Crippen molar-refractivity contribution < 1.29 is 0 Å². The van der Waals surface area contributed by atoms with Gasteiger partial charge in [-0.25, -0.2) is 0 Å². The van der Waals surface area contributed by atoms with E-state index in [4.69, 9.17) is 0 Å². The molecule has 0 aliphatic rings. The SMILES string of the molecule is CCCCCCCCCc1[c]nccc1. The second-order valence-corrected chi connectivity index (χ2v) is 4.15. The topological polar surface area (TPSA) is 12.9 Å². The first-order chi connectivity index (χ1) is 7.43. The summed E-state index contributed by atoms with van der Waals surface area (Å²) in [7, 11) is 0. The van der Waals surface area contributed by atoms with E-state index in [9.17, 15) is 0 Å². The average Bonchev–Trinajstić information content (AvgIpc) is 2.29. The average molecular weight is 204 g/mol. The van der Waals surface area contributed by atoms with Crippen molar-refractivity contribution in [2.75, 3.05) is 0 Å². The summed E-state index contributed by atoms with van der Waals surface area (Å²) in [5, 5.41) is 0. The van der Waals surface area contributed by atoms with Gasteiger partial charge in [-0.1, -0.05) is 51.5 Å². The molecule has 0 saturated heterocycles. The van der Waals surface area contributed by atoms with E-state index in [-0.39, 0.29) is 0 Å². The molecule has 1 heterocycles. The van der Waals surface area contributed by atoms with E-state index in [2.05, 4.69) is 24.2 Å². The molecule has 0 N–H and O–H groups in total. The highest BCUT2D eigenvalue weighted by Gasteiger charge is 1.93. The molecular formula is C14H22N. The summed E-state index contributed by atoms with van der Waals surface area (Å²) in [5.74, 6) is 0. The largest absolute Gasteiger partial charge is 0.254 e. The van der Waals surface area contributed by atoms with Crippen LogP contribution in [-0.2, 0) is 6.42 Å². The minimum Gasteiger partial charge on any atom is -0.254 e. The molecule has 1 heteroatoms. The van der Waals surface area contributed by atoms with Gasteiger partial charge in [-0.2, -0.15) is 0 Å². The number of rotatable bonds is 8. The highest BCUT2D eigenvalue weighted by molar-refractivity contribution is 5.06. The maximum absolute atomic E-state index is 4.00. The van der Waals surface area contributed by atoms with Gasteiger partial charge in [0, 0.05) is 6.20 Å². The Balaban J connectivity index is 1.93. The zero-order valence-corrected chi connectivity index (χ0v) is 9.84. The highest BCUT2D eigenvalue weighted by Crippen LogP contribution is 2.09. The number of hydrogen-bond acceptors (Lipinski definition) is 1. The Morgan fingerprint density at radius 1 is 1.07 bits per heavy atom. The molecule has 0 aliphatic heterocycles. The summed E-state index contributed by atoms with van der Waals surface area (Å²) in [6, 6.07) is 4.11. The minimum atomic E-state index is 1.14. The van der Waals surface area contributed by atoms with E-state index < -0.39 is 0 Å². The Kier molecular flexibility index (Phi) is 6.89. The smallest absolute Gasteiger partial charge is 0.0920 e. The molecule has 15 heavy (non-hydrogen) atoms. The molecule has 83 valence electrons. The van der Waals surface area contributed by atoms with Crippen LogP contribution >= 0.6 is 0 Å². The van der Waals surface area contributed by atoms with Crippen molar-refractivity contribution >= 4 is 0 Å². The highest BCUT2D eigenvalue weighted by atomic mass is 14.6. The third-order valence-corrected chi connectivity index (χ3v) is 2.72. The van der Waals surface area contributed by atoms with Crippen LogP contribution < -0.4 is 0 Å². The van der Waals surface area contributed by atoms with Gasteiger partial charge in [0.25, 0.3) is 0 Å². The van der Waals surface area contributed by atoms with Crippen molar-refractivity contribution in [1.29, 1.82) is 0 Å². The fourth-order valence-electron chi connectivity index (χ4n) is 1.77. The lowest BCUT2D eigenvalue weighted by atomic mass is 10.1. The molecule has 0 spiro atoms. The lowest BCUT2D eigenvalue weighted by molar-refractivity contribution is 0.589. The van der Waals surface area contributed by atoms with Crippen LogP contribution in [-0.4, -0.2) is 4.98 Å². The molecule has 1 rings (SSSR count). The maximum Gasteiger partial charge on any atom is 0.0920 e. The van der Waals surface area contributed by atoms with Crippen LogP contribution in [0.25, 0.3) is 0 Å². The first-order valence-electron chi connectivity index (χ1n) is 6.25. The Bertz CT molecular complexity index is 230. The number of aryl methyl sites for hydroxylation is 1. The molecule has 0 saturated carbocycles. The van der Waals surface area contributed by atoms with Crippen LogP contribution in [0.3, 0.4) is 0 Å².